The SMILES string of the molecule is Cc1ccc(OCc2ccc(F)c(Cl)c2)c(N)c1. The number of aryl methyl sites for hydroxylation is 1. The van der Waals surface area contributed by atoms with Crippen LogP contribution < -0.4 is 10.5 Å². The van der Waals surface area contributed by atoms with Crippen molar-refractivity contribution in [1.82, 2.24) is 0 Å². The average molecular weight is 266 g/mol. The van der Waals surface area contributed by atoms with Gasteiger partial charge in [0.2, 0.25) is 0 Å². The van der Waals surface area contributed by atoms with Crippen LogP contribution in [-0.2, 0) is 6.61 Å². The molecule has 0 aromatic heterocycles. The number of hydrogen-bond donors (Lipinski definition) is 1. The summed E-state index contributed by atoms with van der Waals surface area (Å²) in [6.07, 6.45) is 0. The number of nitrogens with two attached hydrogens (primary N) is 1. The van der Waals surface area contributed by atoms with Gasteiger partial charge in [-0.05, 0) is 42.3 Å². The zero-order valence-corrected chi connectivity index (χ0v) is 10.7. The standard InChI is InChI=1S/C14H13ClFNO/c1-9-2-5-14(13(17)6-9)18-8-10-3-4-12(16)11(15)7-10/h2-7H,8,17H2,1H3. The highest BCUT2D eigenvalue weighted by atomic mass is 35.5. The Bertz CT molecular complexity index is 572. The smallest absolute Gasteiger partial charge is 0.142 e. The van der Waals surface area contributed by atoms with Crippen LogP contribution in [0.25, 0.3) is 0 Å². The molecule has 0 aliphatic carbocycles. The van der Waals surface area contributed by atoms with E-state index >= 15 is 0 Å². The Labute approximate surface area is 110 Å². The van der Waals surface area contributed by atoms with Gasteiger partial charge in [-0.25, -0.2) is 4.39 Å². The van der Waals surface area contributed by atoms with Crippen molar-refractivity contribution < 1.29 is 9.13 Å². The van der Waals surface area contributed by atoms with E-state index in [1.165, 1.54) is 6.07 Å². The maximum Gasteiger partial charge on any atom is 0.142 e. The van der Waals surface area contributed by atoms with Crippen LogP contribution in [0, 0.1) is 12.7 Å². The first kappa shape index (κ1) is 12.7. The van der Waals surface area contributed by atoms with Gasteiger partial charge < -0.3 is 10.5 Å². The minimum absolute atomic E-state index is 0.0907. The molecule has 2 N–H and O–H groups in total. The Morgan fingerprint density at radius 1 is 1.22 bits per heavy atom. The van der Waals surface area contributed by atoms with Crippen molar-refractivity contribution in [3.8, 4) is 5.75 Å². The third-order valence-electron chi connectivity index (χ3n) is 2.54. The summed E-state index contributed by atoms with van der Waals surface area (Å²) in [5.41, 5.74) is 8.28. The summed E-state index contributed by atoms with van der Waals surface area (Å²) < 4.78 is 18.5. The van der Waals surface area contributed by atoms with Crippen LogP contribution in [0.2, 0.25) is 5.02 Å². The second-order valence-corrected chi connectivity index (χ2v) is 4.49. The Hall–Kier alpha value is -1.74. The van der Waals surface area contributed by atoms with Gasteiger partial charge in [-0.15, -0.1) is 0 Å². The molecule has 0 atom stereocenters. The molecule has 0 spiro atoms. The second kappa shape index (κ2) is 5.27. The van der Waals surface area contributed by atoms with E-state index in [1.54, 1.807) is 12.1 Å². The van der Waals surface area contributed by atoms with Crippen molar-refractivity contribution in [3.63, 3.8) is 0 Å². The minimum Gasteiger partial charge on any atom is -0.487 e. The van der Waals surface area contributed by atoms with Gasteiger partial charge in [0, 0.05) is 0 Å². The van der Waals surface area contributed by atoms with Gasteiger partial charge in [-0.3, -0.25) is 0 Å². The molecule has 94 valence electrons. The summed E-state index contributed by atoms with van der Waals surface area (Å²) in [6, 6.07) is 10.1. The number of benzene rings is 2. The lowest BCUT2D eigenvalue weighted by atomic mass is 10.2. The van der Waals surface area contributed by atoms with E-state index in [0.29, 0.717) is 18.0 Å². The molecule has 4 heteroatoms. The molecule has 0 fully saturated rings. The van der Waals surface area contributed by atoms with Crippen LogP contribution in [0.4, 0.5) is 10.1 Å². The monoisotopic (exact) mass is 265 g/mol. The number of hydrogen-bond acceptors (Lipinski definition) is 2. The number of nitrogen functional groups attached to an aromatic ring is 1. The predicted molar refractivity (Wildman–Crippen MR) is 71.3 cm³/mol. The number of rotatable bonds is 3. The Balaban J connectivity index is 2.09. The fourth-order valence-electron chi connectivity index (χ4n) is 1.59. The van der Waals surface area contributed by atoms with Gasteiger partial charge in [0.15, 0.2) is 0 Å². The van der Waals surface area contributed by atoms with Crippen molar-refractivity contribution in [3.05, 3.63) is 58.4 Å². The lowest BCUT2D eigenvalue weighted by Crippen LogP contribution is -1.99. The zero-order chi connectivity index (χ0) is 13.1. The molecular weight excluding hydrogens is 253 g/mol. The number of anilines is 1. The van der Waals surface area contributed by atoms with E-state index in [1.807, 2.05) is 25.1 Å². The third-order valence-corrected chi connectivity index (χ3v) is 2.83. The lowest BCUT2D eigenvalue weighted by Gasteiger charge is -2.09. The van der Waals surface area contributed by atoms with Crippen LogP contribution in [-0.4, -0.2) is 0 Å². The molecule has 2 aromatic rings. The highest BCUT2D eigenvalue weighted by Crippen LogP contribution is 2.24. The van der Waals surface area contributed by atoms with Gasteiger partial charge in [-0.2, -0.15) is 0 Å². The van der Waals surface area contributed by atoms with E-state index < -0.39 is 5.82 Å². The van der Waals surface area contributed by atoms with Gasteiger partial charge in [0.1, 0.15) is 18.2 Å². The van der Waals surface area contributed by atoms with Crippen LogP contribution in [0.1, 0.15) is 11.1 Å². The van der Waals surface area contributed by atoms with Crippen molar-refractivity contribution >= 4 is 17.3 Å². The van der Waals surface area contributed by atoms with E-state index in [-0.39, 0.29) is 5.02 Å². The predicted octanol–water partition coefficient (Wildman–Crippen LogP) is 3.95. The van der Waals surface area contributed by atoms with E-state index in [0.717, 1.165) is 11.1 Å². The number of halogens is 2. The summed E-state index contributed by atoms with van der Waals surface area (Å²) in [7, 11) is 0. The summed E-state index contributed by atoms with van der Waals surface area (Å²) in [4.78, 5) is 0. The highest BCUT2D eigenvalue weighted by molar-refractivity contribution is 6.30. The normalized spacial score (nSPS) is 10.4. The molecule has 0 bridgehead atoms. The summed E-state index contributed by atoms with van der Waals surface area (Å²) in [5, 5.41) is 0.0907. The molecule has 0 aliphatic heterocycles. The van der Waals surface area contributed by atoms with Crippen molar-refractivity contribution in [2.75, 3.05) is 5.73 Å². The van der Waals surface area contributed by atoms with Gasteiger partial charge in [0.25, 0.3) is 0 Å². The molecule has 0 aliphatic rings. The van der Waals surface area contributed by atoms with Crippen LogP contribution >= 0.6 is 11.6 Å². The lowest BCUT2D eigenvalue weighted by molar-refractivity contribution is 0.308. The maximum atomic E-state index is 13.0. The Morgan fingerprint density at radius 3 is 2.67 bits per heavy atom. The van der Waals surface area contributed by atoms with Crippen molar-refractivity contribution in [2.24, 2.45) is 0 Å². The van der Waals surface area contributed by atoms with Crippen LogP contribution in [0.15, 0.2) is 36.4 Å². The molecule has 2 rings (SSSR count). The Kier molecular flexibility index (Phi) is 3.72. The van der Waals surface area contributed by atoms with Crippen molar-refractivity contribution in [2.45, 2.75) is 13.5 Å². The first-order valence-electron chi connectivity index (χ1n) is 5.49. The fourth-order valence-corrected chi connectivity index (χ4v) is 1.79. The maximum absolute atomic E-state index is 13.0. The molecule has 0 heterocycles. The molecule has 0 saturated heterocycles. The summed E-state index contributed by atoms with van der Waals surface area (Å²) in [6.45, 7) is 2.26. The van der Waals surface area contributed by atoms with E-state index in [2.05, 4.69) is 0 Å². The molecule has 2 nitrogen and oxygen atoms in total. The summed E-state index contributed by atoms with van der Waals surface area (Å²) >= 11 is 5.69. The third kappa shape index (κ3) is 2.93. The quantitative estimate of drug-likeness (QED) is 0.853. The van der Waals surface area contributed by atoms with E-state index in [4.69, 9.17) is 22.1 Å². The van der Waals surface area contributed by atoms with Crippen LogP contribution in [0.3, 0.4) is 0 Å². The molecular formula is C14H13ClFNO. The first-order chi connectivity index (χ1) is 8.56. The molecule has 0 unspecified atom stereocenters. The minimum atomic E-state index is -0.435. The van der Waals surface area contributed by atoms with E-state index in [9.17, 15) is 4.39 Å². The van der Waals surface area contributed by atoms with Crippen molar-refractivity contribution in [1.29, 1.82) is 0 Å². The number of ether oxygens (including phenoxy) is 1. The van der Waals surface area contributed by atoms with Gasteiger partial charge in [0.05, 0.1) is 10.7 Å². The van der Waals surface area contributed by atoms with Gasteiger partial charge >= 0.3 is 0 Å². The fraction of sp³-hybridized carbons (Fsp3) is 0.143. The summed E-state index contributed by atoms with van der Waals surface area (Å²) in [5.74, 6) is 0.177. The first-order valence-corrected chi connectivity index (χ1v) is 5.87. The molecule has 0 radical (unpaired) electrons. The highest BCUT2D eigenvalue weighted by Gasteiger charge is 2.04. The largest absolute Gasteiger partial charge is 0.487 e. The Morgan fingerprint density at radius 2 is 2.00 bits per heavy atom. The average Bonchev–Trinajstić information content (AvgIpc) is 2.32. The second-order valence-electron chi connectivity index (χ2n) is 4.08. The molecule has 2 aromatic carbocycles. The van der Waals surface area contributed by atoms with Crippen LogP contribution in [0.5, 0.6) is 5.75 Å². The van der Waals surface area contributed by atoms with Gasteiger partial charge in [-0.1, -0.05) is 23.7 Å². The topological polar surface area (TPSA) is 35.2 Å². The molecule has 0 saturated carbocycles. The molecule has 0 amide bonds. The molecule has 18 heavy (non-hydrogen) atoms. The zero-order valence-electron chi connectivity index (χ0n) is 9.91.